The largest absolute Gasteiger partial charge is 0.381 e. The number of benzene rings is 1. The van der Waals surface area contributed by atoms with Crippen molar-refractivity contribution >= 4 is 51.7 Å². The maximum absolute atomic E-state index is 12.0. The van der Waals surface area contributed by atoms with Gasteiger partial charge in [0.05, 0.1) is 18.6 Å². The first-order valence-corrected chi connectivity index (χ1v) is 7.75. The molecule has 0 radical (unpaired) electrons. The van der Waals surface area contributed by atoms with Gasteiger partial charge in [0.15, 0.2) is 5.11 Å². The fourth-order valence-corrected chi connectivity index (χ4v) is 2.12. The maximum Gasteiger partial charge on any atom is 0.258 e. The molecule has 3 N–H and O–H groups in total. The minimum atomic E-state index is -0.332. The van der Waals surface area contributed by atoms with Crippen molar-refractivity contribution < 1.29 is 14.3 Å². The molecule has 1 aromatic rings. The predicted octanol–water partition coefficient (Wildman–Crippen LogP) is 1.35. The average molecular weight is 421 g/mol. The monoisotopic (exact) mass is 421 g/mol. The number of hydrogen-bond acceptors (Lipinski definition) is 4. The normalized spacial score (nSPS) is 9.81. The summed E-state index contributed by atoms with van der Waals surface area (Å²) < 4.78 is 5.87. The van der Waals surface area contributed by atoms with E-state index >= 15 is 0 Å². The summed E-state index contributed by atoms with van der Waals surface area (Å²) in [7, 11) is 0. The molecule has 2 amide bonds. The Morgan fingerprint density at radius 3 is 2.67 bits per heavy atom. The Hall–Kier alpha value is -1.26. The summed E-state index contributed by atoms with van der Waals surface area (Å²) in [6, 6.07) is 7.12. The van der Waals surface area contributed by atoms with Gasteiger partial charge in [-0.3, -0.25) is 25.8 Å². The molecular formula is C13H16IN3O3S. The van der Waals surface area contributed by atoms with E-state index in [0.29, 0.717) is 18.8 Å². The number of halogens is 1. The van der Waals surface area contributed by atoms with E-state index < -0.39 is 0 Å². The second kappa shape index (κ2) is 9.64. The van der Waals surface area contributed by atoms with Gasteiger partial charge in [0.2, 0.25) is 5.91 Å². The molecule has 0 atom stereocenters. The van der Waals surface area contributed by atoms with Crippen molar-refractivity contribution in [1.82, 2.24) is 16.2 Å². The standard InChI is InChI=1S/C13H16IN3O3S/c1-2-20-8-7-11(18)16-17-13(21)15-12(19)9-5-3-4-6-10(9)14/h3-6H,2,7-8H2,1H3,(H,16,18)(H2,15,17,19,21). The quantitative estimate of drug-likeness (QED) is 0.290. The Morgan fingerprint density at radius 2 is 2.00 bits per heavy atom. The van der Waals surface area contributed by atoms with Crippen molar-refractivity contribution in [1.29, 1.82) is 0 Å². The van der Waals surface area contributed by atoms with E-state index in [1.54, 1.807) is 12.1 Å². The highest BCUT2D eigenvalue weighted by molar-refractivity contribution is 14.1. The first-order valence-electron chi connectivity index (χ1n) is 6.27. The third-order valence-electron chi connectivity index (χ3n) is 2.34. The van der Waals surface area contributed by atoms with Crippen LogP contribution < -0.4 is 16.2 Å². The van der Waals surface area contributed by atoms with Gasteiger partial charge in [0, 0.05) is 10.2 Å². The minimum Gasteiger partial charge on any atom is -0.381 e. The molecule has 0 aromatic heterocycles. The molecule has 0 heterocycles. The second-order valence-electron chi connectivity index (χ2n) is 3.88. The number of thiocarbonyl (C=S) groups is 1. The van der Waals surface area contributed by atoms with Gasteiger partial charge >= 0.3 is 0 Å². The van der Waals surface area contributed by atoms with Crippen molar-refractivity contribution in [3.05, 3.63) is 33.4 Å². The highest BCUT2D eigenvalue weighted by Gasteiger charge is 2.11. The summed E-state index contributed by atoms with van der Waals surface area (Å²) in [4.78, 5) is 23.4. The van der Waals surface area contributed by atoms with Crippen LogP contribution in [0.5, 0.6) is 0 Å². The average Bonchev–Trinajstić information content (AvgIpc) is 2.46. The molecule has 0 fully saturated rings. The van der Waals surface area contributed by atoms with Crippen LogP contribution in [0, 0.1) is 3.57 Å². The molecule has 114 valence electrons. The van der Waals surface area contributed by atoms with Crippen LogP contribution in [0.2, 0.25) is 0 Å². The van der Waals surface area contributed by atoms with Crippen LogP contribution in [0.1, 0.15) is 23.7 Å². The lowest BCUT2D eigenvalue weighted by Gasteiger charge is -2.11. The van der Waals surface area contributed by atoms with Crippen molar-refractivity contribution in [2.75, 3.05) is 13.2 Å². The van der Waals surface area contributed by atoms with E-state index in [1.807, 2.05) is 19.1 Å². The Morgan fingerprint density at radius 1 is 1.29 bits per heavy atom. The zero-order valence-corrected chi connectivity index (χ0v) is 14.4. The Bertz CT molecular complexity index is 525. The molecule has 1 aromatic carbocycles. The first kappa shape index (κ1) is 17.8. The van der Waals surface area contributed by atoms with Crippen LogP contribution in [0.15, 0.2) is 24.3 Å². The molecule has 0 aliphatic rings. The van der Waals surface area contributed by atoms with Crippen LogP contribution >= 0.6 is 34.8 Å². The van der Waals surface area contributed by atoms with Crippen molar-refractivity contribution in [3.8, 4) is 0 Å². The first-order chi connectivity index (χ1) is 10.0. The zero-order chi connectivity index (χ0) is 15.7. The third kappa shape index (κ3) is 6.82. The van der Waals surface area contributed by atoms with E-state index in [-0.39, 0.29) is 23.3 Å². The maximum atomic E-state index is 12.0. The van der Waals surface area contributed by atoms with Gasteiger partial charge in [-0.2, -0.15) is 0 Å². The second-order valence-corrected chi connectivity index (χ2v) is 5.45. The molecular weight excluding hydrogens is 405 g/mol. The molecule has 0 spiro atoms. The van der Waals surface area contributed by atoms with Crippen molar-refractivity contribution in [2.24, 2.45) is 0 Å². The third-order valence-corrected chi connectivity index (χ3v) is 3.48. The lowest BCUT2D eigenvalue weighted by atomic mass is 10.2. The van der Waals surface area contributed by atoms with E-state index in [1.165, 1.54) is 0 Å². The fourth-order valence-electron chi connectivity index (χ4n) is 1.35. The number of carbonyl (C=O) groups excluding carboxylic acids is 2. The van der Waals surface area contributed by atoms with Crippen LogP contribution in [0.3, 0.4) is 0 Å². The van der Waals surface area contributed by atoms with Gasteiger partial charge in [0.1, 0.15) is 0 Å². The highest BCUT2D eigenvalue weighted by atomic mass is 127. The Balaban J connectivity index is 2.35. The van der Waals surface area contributed by atoms with E-state index in [9.17, 15) is 9.59 Å². The number of rotatable bonds is 5. The van der Waals surface area contributed by atoms with E-state index in [2.05, 4.69) is 38.8 Å². The molecule has 1 rings (SSSR count). The van der Waals surface area contributed by atoms with Gasteiger partial charge in [-0.1, -0.05) is 12.1 Å². The van der Waals surface area contributed by atoms with Gasteiger partial charge in [0.25, 0.3) is 5.91 Å². The smallest absolute Gasteiger partial charge is 0.258 e. The molecule has 0 aliphatic heterocycles. The summed E-state index contributed by atoms with van der Waals surface area (Å²) in [5, 5.41) is 2.52. The molecule has 0 saturated carbocycles. The molecule has 0 bridgehead atoms. The lowest BCUT2D eigenvalue weighted by molar-refractivity contribution is -0.122. The van der Waals surface area contributed by atoms with Gasteiger partial charge in [-0.15, -0.1) is 0 Å². The predicted molar refractivity (Wildman–Crippen MR) is 91.6 cm³/mol. The van der Waals surface area contributed by atoms with Gasteiger partial charge in [-0.05, 0) is 53.9 Å². The Labute approximate surface area is 142 Å². The molecule has 8 heteroatoms. The number of ether oxygens (including phenoxy) is 1. The summed E-state index contributed by atoms with van der Waals surface area (Å²) in [5.74, 6) is -0.601. The van der Waals surface area contributed by atoms with Crippen LogP contribution in [0.25, 0.3) is 0 Å². The zero-order valence-electron chi connectivity index (χ0n) is 11.4. The van der Waals surface area contributed by atoms with Crippen LogP contribution in [-0.2, 0) is 9.53 Å². The van der Waals surface area contributed by atoms with Crippen molar-refractivity contribution in [2.45, 2.75) is 13.3 Å². The SMILES string of the molecule is CCOCCC(=O)NNC(=S)NC(=O)c1ccccc1I. The lowest BCUT2D eigenvalue weighted by Crippen LogP contribution is -2.48. The summed E-state index contributed by atoms with van der Waals surface area (Å²) in [5.41, 5.74) is 5.38. The molecule has 0 unspecified atom stereocenters. The minimum absolute atomic E-state index is 0.0319. The number of amides is 2. The Kier molecular flexibility index (Phi) is 8.16. The van der Waals surface area contributed by atoms with E-state index in [4.69, 9.17) is 17.0 Å². The number of hydrogen-bond donors (Lipinski definition) is 3. The molecule has 0 saturated heterocycles. The number of nitrogens with one attached hydrogen (secondary N) is 3. The topological polar surface area (TPSA) is 79.5 Å². The van der Waals surface area contributed by atoms with Crippen LogP contribution in [0.4, 0.5) is 0 Å². The summed E-state index contributed by atoms with van der Waals surface area (Å²) in [6.07, 6.45) is 0.216. The molecule has 6 nitrogen and oxygen atoms in total. The highest BCUT2D eigenvalue weighted by Crippen LogP contribution is 2.10. The van der Waals surface area contributed by atoms with Gasteiger partial charge < -0.3 is 4.74 Å². The van der Waals surface area contributed by atoms with Gasteiger partial charge in [-0.25, -0.2) is 0 Å². The van der Waals surface area contributed by atoms with E-state index in [0.717, 1.165) is 3.57 Å². The molecule has 21 heavy (non-hydrogen) atoms. The summed E-state index contributed by atoms with van der Waals surface area (Å²) in [6.45, 7) is 2.75. The van der Waals surface area contributed by atoms with Crippen LogP contribution in [-0.4, -0.2) is 30.1 Å². The number of carbonyl (C=O) groups is 2. The molecule has 0 aliphatic carbocycles. The fraction of sp³-hybridized carbons (Fsp3) is 0.308. The van der Waals surface area contributed by atoms with Crippen molar-refractivity contribution in [3.63, 3.8) is 0 Å². The number of hydrazine groups is 1. The summed E-state index contributed by atoms with van der Waals surface area (Å²) >= 11 is 7.00.